The van der Waals surface area contributed by atoms with Crippen LogP contribution < -0.4 is 4.72 Å². The van der Waals surface area contributed by atoms with Crippen LogP contribution in [0.3, 0.4) is 0 Å². The van der Waals surface area contributed by atoms with Crippen molar-refractivity contribution < 1.29 is 18.3 Å². The monoisotopic (exact) mass is 438 g/mol. The molecule has 2 aromatic carbocycles. The highest BCUT2D eigenvalue weighted by Gasteiger charge is 2.19. The van der Waals surface area contributed by atoms with Crippen LogP contribution in [-0.4, -0.2) is 24.5 Å². The van der Waals surface area contributed by atoms with Gasteiger partial charge in [-0.05, 0) is 30.3 Å². The van der Waals surface area contributed by atoms with Gasteiger partial charge in [-0.2, -0.15) is 8.42 Å². The molecule has 0 amide bonds. The summed E-state index contributed by atoms with van der Waals surface area (Å²) in [6, 6.07) is 12.9. The fraction of sp³-hybridized carbons (Fsp3) is 0. The minimum atomic E-state index is -3.90. The van der Waals surface area contributed by atoms with Crippen LogP contribution in [0.25, 0.3) is 10.6 Å². The number of carboxylic acid groups (broad SMARTS) is 1. The van der Waals surface area contributed by atoms with E-state index in [1.807, 2.05) is 24.3 Å². The van der Waals surface area contributed by atoms with Crippen LogP contribution in [0.5, 0.6) is 0 Å². The van der Waals surface area contributed by atoms with Crippen molar-refractivity contribution in [2.45, 2.75) is 5.03 Å². The highest BCUT2D eigenvalue weighted by Crippen LogP contribution is 2.27. The van der Waals surface area contributed by atoms with Crippen LogP contribution in [0.4, 0.5) is 5.69 Å². The lowest BCUT2D eigenvalue weighted by Crippen LogP contribution is -2.13. The molecule has 9 heteroatoms. The first-order valence-corrected chi connectivity index (χ1v) is 10.1. The third-order valence-electron chi connectivity index (χ3n) is 3.21. The molecule has 0 aliphatic rings. The molecular weight excluding hydrogens is 428 g/mol. The van der Waals surface area contributed by atoms with Gasteiger partial charge in [-0.1, -0.05) is 34.1 Å². The summed E-state index contributed by atoms with van der Waals surface area (Å²) < 4.78 is 28.2. The highest BCUT2D eigenvalue weighted by molar-refractivity contribution is 9.10. The van der Waals surface area contributed by atoms with Gasteiger partial charge in [0.15, 0.2) is 5.03 Å². The molecular formula is C16H11BrN2O4S2. The van der Waals surface area contributed by atoms with Crippen molar-refractivity contribution in [3.63, 3.8) is 0 Å². The summed E-state index contributed by atoms with van der Waals surface area (Å²) in [6.45, 7) is 0. The maximum absolute atomic E-state index is 12.5. The lowest BCUT2D eigenvalue weighted by molar-refractivity contribution is 0.0697. The van der Waals surface area contributed by atoms with Crippen molar-refractivity contribution in [2.24, 2.45) is 0 Å². The molecule has 0 saturated heterocycles. The first kappa shape index (κ1) is 17.6. The van der Waals surface area contributed by atoms with Gasteiger partial charge in [-0.25, -0.2) is 9.78 Å². The lowest BCUT2D eigenvalue weighted by atomic mass is 10.2. The van der Waals surface area contributed by atoms with E-state index in [9.17, 15) is 13.2 Å². The number of nitrogens with one attached hydrogen (secondary N) is 1. The second-order valence-corrected chi connectivity index (χ2v) is 8.39. The summed E-state index contributed by atoms with van der Waals surface area (Å²) >= 11 is 4.56. The predicted molar refractivity (Wildman–Crippen MR) is 99.5 cm³/mol. The van der Waals surface area contributed by atoms with Gasteiger partial charge in [-0.3, -0.25) is 4.72 Å². The van der Waals surface area contributed by atoms with Gasteiger partial charge in [-0.15, -0.1) is 11.3 Å². The predicted octanol–water partition coefficient (Wildman–Crippen LogP) is 4.07. The van der Waals surface area contributed by atoms with Crippen molar-refractivity contribution >= 4 is 48.9 Å². The number of halogens is 1. The van der Waals surface area contributed by atoms with E-state index in [2.05, 4.69) is 25.6 Å². The molecule has 3 rings (SSSR count). The fourth-order valence-corrected chi connectivity index (χ4v) is 4.45. The number of aromatic nitrogens is 1. The molecule has 3 aromatic rings. The third-order valence-corrected chi connectivity index (χ3v) is 6.04. The number of rotatable bonds is 5. The molecule has 6 nitrogen and oxygen atoms in total. The van der Waals surface area contributed by atoms with Crippen LogP contribution in [0.2, 0.25) is 0 Å². The van der Waals surface area contributed by atoms with Crippen molar-refractivity contribution in [1.82, 2.24) is 4.98 Å². The van der Waals surface area contributed by atoms with E-state index < -0.39 is 16.0 Å². The Morgan fingerprint density at radius 3 is 2.56 bits per heavy atom. The molecule has 2 N–H and O–H groups in total. The van der Waals surface area contributed by atoms with E-state index in [0.29, 0.717) is 5.01 Å². The van der Waals surface area contributed by atoms with Crippen molar-refractivity contribution in [3.05, 3.63) is 63.9 Å². The van der Waals surface area contributed by atoms with Crippen molar-refractivity contribution in [1.29, 1.82) is 0 Å². The van der Waals surface area contributed by atoms with Gasteiger partial charge >= 0.3 is 5.97 Å². The number of anilines is 1. The van der Waals surface area contributed by atoms with Gasteiger partial charge in [0.1, 0.15) is 5.01 Å². The van der Waals surface area contributed by atoms with E-state index in [1.54, 1.807) is 0 Å². The first-order valence-electron chi connectivity index (χ1n) is 6.93. The van der Waals surface area contributed by atoms with E-state index in [-0.39, 0.29) is 16.3 Å². The smallest absolute Gasteiger partial charge is 0.335 e. The van der Waals surface area contributed by atoms with Crippen molar-refractivity contribution in [3.8, 4) is 10.6 Å². The first-order chi connectivity index (χ1) is 11.8. The summed E-state index contributed by atoms with van der Waals surface area (Å²) in [5.41, 5.74) is 0.967. The zero-order valence-electron chi connectivity index (χ0n) is 12.5. The molecule has 1 heterocycles. The number of carboxylic acids is 1. The number of thiazole rings is 1. The Morgan fingerprint density at radius 2 is 1.88 bits per heavy atom. The molecule has 0 spiro atoms. The zero-order valence-corrected chi connectivity index (χ0v) is 15.7. The van der Waals surface area contributed by atoms with Gasteiger partial charge in [0, 0.05) is 21.1 Å². The van der Waals surface area contributed by atoms with Crippen LogP contribution in [0.1, 0.15) is 10.4 Å². The lowest BCUT2D eigenvalue weighted by Gasteiger charge is -2.06. The minimum Gasteiger partial charge on any atom is -0.478 e. The molecule has 0 saturated carbocycles. The molecule has 128 valence electrons. The fourth-order valence-electron chi connectivity index (χ4n) is 2.03. The molecule has 25 heavy (non-hydrogen) atoms. The Morgan fingerprint density at radius 1 is 1.16 bits per heavy atom. The third kappa shape index (κ3) is 4.06. The summed E-state index contributed by atoms with van der Waals surface area (Å²) in [4.78, 5) is 15.2. The van der Waals surface area contributed by atoms with Gasteiger partial charge in [0.05, 0.1) is 5.56 Å². The molecule has 0 bridgehead atoms. The number of sulfonamides is 1. The zero-order chi connectivity index (χ0) is 18.0. The van der Waals surface area contributed by atoms with Gasteiger partial charge in [0.25, 0.3) is 10.0 Å². The average molecular weight is 439 g/mol. The van der Waals surface area contributed by atoms with Crippen LogP contribution in [0, 0.1) is 0 Å². The maximum atomic E-state index is 12.5. The Hall–Kier alpha value is -2.23. The molecule has 0 radical (unpaired) electrons. The van der Waals surface area contributed by atoms with Gasteiger partial charge in [0.2, 0.25) is 0 Å². The number of nitrogens with zero attached hydrogens (tertiary/aromatic N) is 1. The van der Waals surface area contributed by atoms with Crippen LogP contribution in [-0.2, 0) is 10.0 Å². The molecule has 0 aliphatic heterocycles. The second-order valence-electron chi connectivity index (χ2n) is 4.99. The van der Waals surface area contributed by atoms with Gasteiger partial charge < -0.3 is 5.11 Å². The highest BCUT2D eigenvalue weighted by atomic mass is 79.9. The van der Waals surface area contributed by atoms with Crippen LogP contribution >= 0.6 is 27.3 Å². The Kier molecular flexibility index (Phi) is 4.89. The largest absolute Gasteiger partial charge is 0.478 e. The van der Waals surface area contributed by atoms with E-state index in [1.165, 1.54) is 41.0 Å². The molecule has 0 aliphatic carbocycles. The molecule has 0 atom stereocenters. The molecule has 0 unspecified atom stereocenters. The number of hydrogen-bond acceptors (Lipinski definition) is 5. The minimum absolute atomic E-state index is 0.00553. The Bertz CT molecular complexity index is 1030. The topological polar surface area (TPSA) is 96.4 Å². The van der Waals surface area contributed by atoms with E-state index >= 15 is 0 Å². The normalized spacial score (nSPS) is 11.2. The standard InChI is InChI=1S/C16H11BrN2O4S2/c17-12-6-4-10(5-7-12)15-18-14(9-24-15)25(22,23)19-13-3-1-2-11(8-13)16(20)21/h1-9,19H,(H,20,21). The Labute approximate surface area is 156 Å². The summed E-state index contributed by atoms with van der Waals surface area (Å²) in [7, 11) is -3.90. The summed E-state index contributed by atoms with van der Waals surface area (Å²) in [5, 5.41) is 10.9. The average Bonchev–Trinajstić information content (AvgIpc) is 3.06. The number of hydrogen-bond donors (Lipinski definition) is 2. The quantitative estimate of drug-likeness (QED) is 0.625. The second kappa shape index (κ2) is 6.95. The number of carbonyl (C=O) groups is 1. The number of aromatic carboxylic acids is 1. The van der Waals surface area contributed by atoms with Crippen molar-refractivity contribution in [2.75, 3.05) is 4.72 Å². The SMILES string of the molecule is O=C(O)c1cccc(NS(=O)(=O)c2csc(-c3ccc(Br)cc3)n2)c1. The summed E-state index contributed by atoms with van der Waals surface area (Å²) in [5.74, 6) is -1.13. The summed E-state index contributed by atoms with van der Waals surface area (Å²) in [6.07, 6.45) is 0. The van der Waals surface area contributed by atoms with E-state index in [0.717, 1.165) is 10.0 Å². The van der Waals surface area contributed by atoms with Crippen LogP contribution in [0.15, 0.2) is 63.4 Å². The molecule has 0 fully saturated rings. The molecule has 1 aromatic heterocycles. The maximum Gasteiger partial charge on any atom is 0.335 e. The Balaban J connectivity index is 1.87. The number of benzene rings is 2. The van der Waals surface area contributed by atoms with E-state index in [4.69, 9.17) is 5.11 Å².